The van der Waals surface area contributed by atoms with Crippen LogP contribution in [0.25, 0.3) is 0 Å². The average molecular weight is 308 g/mol. The van der Waals surface area contributed by atoms with Crippen LogP contribution in [-0.4, -0.2) is 18.2 Å². The minimum atomic E-state index is 0.161. The Hall–Kier alpha value is -0.570. The van der Waals surface area contributed by atoms with Gasteiger partial charge in [0, 0.05) is 23.7 Å². The maximum absolute atomic E-state index is 6.31. The molecule has 0 amide bonds. The van der Waals surface area contributed by atoms with Crippen LogP contribution in [0.5, 0.6) is 0 Å². The van der Waals surface area contributed by atoms with E-state index in [4.69, 9.17) is 16.3 Å². The molecule has 1 aromatic carbocycles. The second-order valence-electron chi connectivity index (χ2n) is 6.69. The number of benzene rings is 1. The van der Waals surface area contributed by atoms with E-state index in [2.05, 4.69) is 24.4 Å². The lowest BCUT2D eigenvalue weighted by Crippen LogP contribution is -2.48. The SMILES string of the molecule is CC(NC1CCOC2(CCCCC2)C1)c1ccccc1Cl. The fraction of sp³-hybridized carbons (Fsp3) is 0.667. The average Bonchev–Trinajstić information content (AvgIpc) is 2.48. The number of ether oxygens (including phenoxy) is 1. The van der Waals surface area contributed by atoms with E-state index >= 15 is 0 Å². The van der Waals surface area contributed by atoms with Gasteiger partial charge in [-0.3, -0.25) is 0 Å². The summed E-state index contributed by atoms with van der Waals surface area (Å²) in [6.45, 7) is 3.11. The maximum Gasteiger partial charge on any atom is 0.0697 e. The molecule has 1 aliphatic carbocycles. The number of halogens is 1. The largest absolute Gasteiger partial charge is 0.375 e. The normalized spacial score (nSPS) is 26.7. The Morgan fingerprint density at radius 2 is 2.00 bits per heavy atom. The van der Waals surface area contributed by atoms with E-state index in [-0.39, 0.29) is 5.60 Å². The lowest BCUT2D eigenvalue weighted by atomic mass is 9.78. The van der Waals surface area contributed by atoms with Crippen LogP contribution in [0.2, 0.25) is 5.02 Å². The summed E-state index contributed by atoms with van der Waals surface area (Å²) < 4.78 is 6.18. The lowest BCUT2D eigenvalue weighted by Gasteiger charge is -2.44. The van der Waals surface area contributed by atoms with Gasteiger partial charge >= 0.3 is 0 Å². The molecule has 0 aromatic heterocycles. The van der Waals surface area contributed by atoms with Crippen molar-refractivity contribution < 1.29 is 4.74 Å². The zero-order chi connectivity index (χ0) is 14.7. The first kappa shape index (κ1) is 15.3. The summed E-state index contributed by atoms with van der Waals surface area (Å²) >= 11 is 6.31. The first-order chi connectivity index (χ1) is 10.2. The molecule has 1 saturated heterocycles. The first-order valence-electron chi connectivity index (χ1n) is 8.33. The second kappa shape index (κ2) is 6.68. The molecule has 1 saturated carbocycles. The molecular weight excluding hydrogens is 282 g/mol. The van der Waals surface area contributed by atoms with Crippen molar-refractivity contribution in [2.75, 3.05) is 6.61 Å². The van der Waals surface area contributed by atoms with Gasteiger partial charge in [-0.1, -0.05) is 49.1 Å². The molecule has 3 rings (SSSR count). The highest BCUT2D eigenvalue weighted by Crippen LogP contribution is 2.39. The van der Waals surface area contributed by atoms with Gasteiger partial charge in [0.2, 0.25) is 0 Å². The van der Waals surface area contributed by atoms with Crippen LogP contribution in [-0.2, 0) is 4.74 Å². The van der Waals surface area contributed by atoms with Gasteiger partial charge in [0.25, 0.3) is 0 Å². The Morgan fingerprint density at radius 3 is 2.76 bits per heavy atom. The van der Waals surface area contributed by atoms with Crippen LogP contribution >= 0.6 is 11.6 Å². The molecule has 21 heavy (non-hydrogen) atoms. The quantitative estimate of drug-likeness (QED) is 0.860. The van der Waals surface area contributed by atoms with Crippen LogP contribution in [0.15, 0.2) is 24.3 Å². The van der Waals surface area contributed by atoms with E-state index in [1.807, 2.05) is 12.1 Å². The zero-order valence-electron chi connectivity index (χ0n) is 12.9. The Balaban J connectivity index is 1.63. The van der Waals surface area contributed by atoms with Gasteiger partial charge in [0.05, 0.1) is 5.60 Å². The van der Waals surface area contributed by atoms with Crippen LogP contribution in [0.4, 0.5) is 0 Å². The van der Waals surface area contributed by atoms with E-state index in [0.717, 1.165) is 24.5 Å². The van der Waals surface area contributed by atoms with Gasteiger partial charge in [-0.15, -0.1) is 0 Å². The molecular formula is C18H26ClNO. The van der Waals surface area contributed by atoms with Crippen LogP contribution in [0.3, 0.4) is 0 Å². The fourth-order valence-corrected chi connectivity index (χ4v) is 4.28. The maximum atomic E-state index is 6.31. The molecule has 2 atom stereocenters. The van der Waals surface area contributed by atoms with Gasteiger partial charge in [0.15, 0.2) is 0 Å². The molecule has 1 heterocycles. The lowest BCUT2D eigenvalue weighted by molar-refractivity contribution is -0.110. The predicted octanol–water partition coefficient (Wildman–Crippen LogP) is 4.87. The van der Waals surface area contributed by atoms with Gasteiger partial charge < -0.3 is 10.1 Å². The summed E-state index contributed by atoms with van der Waals surface area (Å²) in [6, 6.07) is 8.98. The van der Waals surface area contributed by atoms with E-state index in [1.165, 1.54) is 37.7 Å². The predicted molar refractivity (Wildman–Crippen MR) is 87.8 cm³/mol. The van der Waals surface area contributed by atoms with Crippen molar-refractivity contribution in [1.82, 2.24) is 5.32 Å². The van der Waals surface area contributed by atoms with E-state index in [0.29, 0.717) is 12.1 Å². The van der Waals surface area contributed by atoms with Crippen molar-refractivity contribution in [1.29, 1.82) is 0 Å². The molecule has 0 bridgehead atoms. The Bertz CT molecular complexity index is 465. The van der Waals surface area contributed by atoms with Gasteiger partial charge in [-0.05, 0) is 44.2 Å². The molecule has 1 aliphatic heterocycles. The standard InChI is InChI=1S/C18H26ClNO/c1-14(16-7-3-4-8-17(16)19)20-15-9-12-21-18(13-15)10-5-2-6-11-18/h3-4,7-8,14-15,20H,2,5-6,9-13H2,1H3. The molecule has 2 unspecified atom stereocenters. The van der Waals surface area contributed by atoms with Crippen LogP contribution < -0.4 is 5.32 Å². The highest BCUT2D eigenvalue weighted by atomic mass is 35.5. The third kappa shape index (κ3) is 3.61. The Labute approximate surface area is 133 Å². The van der Waals surface area contributed by atoms with E-state index in [1.54, 1.807) is 0 Å². The summed E-state index contributed by atoms with van der Waals surface area (Å²) in [4.78, 5) is 0. The first-order valence-corrected chi connectivity index (χ1v) is 8.71. The van der Waals surface area contributed by atoms with E-state index < -0.39 is 0 Å². The molecule has 0 radical (unpaired) electrons. The molecule has 1 aromatic rings. The van der Waals surface area contributed by atoms with E-state index in [9.17, 15) is 0 Å². The number of hydrogen-bond acceptors (Lipinski definition) is 2. The number of nitrogens with one attached hydrogen (secondary N) is 1. The summed E-state index contributed by atoms with van der Waals surface area (Å²) in [5, 5.41) is 4.64. The van der Waals surface area contributed by atoms with Crippen molar-refractivity contribution >= 4 is 11.6 Å². The number of rotatable bonds is 3. The van der Waals surface area contributed by atoms with Crippen molar-refractivity contribution in [2.45, 2.75) is 69.6 Å². The molecule has 2 aliphatic rings. The summed E-state index contributed by atoms with van der Waals surface area (Å²) in [5.74, 6) is 0. The minimum Gasteiger partial charge on any atom is -0.375 e. The molecule has 2 nitrogen and oxygen atoms in total. The zero-order valence-corrected chi connectivity index (χ0v) is 13.7. The second-order valence-corrected chi connectivity index (χ2v) is 7.10. The smallest absolute Gasteiger partial charge is 0.0697 e. The van der Waals surface area contributed by atoms with Crippen LogP contribution in [0.1, 0.15) is 63.5 Å². The van der Waals surface area contributed by atoms with Crippen molar-refractivity contribution in [2.24, 2.45) is 0 Å². The van der Waals surface area contributed by atoms with Crippen molar-refractivity contribution in [3.8, 4) is 0 Å². The summed E-state index contributed by atoms with van der Waals surface area (Å²) in [5.41, 5.74) is 1.36. The van der Waals surface area contributed by atoms with Gasteiger partial charge in [-0.2, -0.15) is 0 Å². The molecule has 116 valence electrons. The third-order valence-electron chi connectivity index (χ3n) is 5.12. The summed E-state index contributed by atoms with van der Waals surface area (Å²) in [7, 11) is 0. The monoisotopic (exact) mass is 307 g/mol. The Kier molecular flexibility index (Phi) is 4.88. The minimum absolute atomic E-state index is 0.161. The molecule has 1 N–H and O–H groups in total. The van der Waals surface area contributed by atoms with Gasteiger partial charge in [-0.25, -0.2) is 0 Å². The molecule has 3 heteroatoms. The third-order valence-corrected chi connectivity index (χ3v) is 5.46. The highest BCUT2D eigenvalue weighted by molar-refractivity contribution is 6.31. The fourth-order valence-electron chi connectivity index (χ4n) is 3.98. The van der Waals surface area contributed by atoms with Gasteiger partial charge in [0.1, 0.15) is 0 Å². The van der Waals surface area contributed by atoms with Crippen molar-refractivity contribution in [3.63, 3.8) is 0 Å². The molecule has 2 fully saturated rings. The van der Waals surface area contributed by atoms with Crippen molar-refractivity contribution in [3.05, 3.63) is 34.9 Å². The number of hydrogen-bond donors (Lipinski definition) is 1. The topological polar surface area (TPSA) is 21.3 Å². The summed E-state index contributed by atoms with van der Waals surface area (Å²) in [6.07, 6.45) is 8.77. The Morgan fingerprint density at radius 1 is 1.24 bits per heavy atom. The highest BCUT2D eigenvalue weighted by Gasteiger charge is 2.38. The molecule has 1 spiro atoms. The van der Waals surface area contributed by atoms with Crippen LogP contribution in [0, 0.1) is 0 Å².